The van der Waals surface area contributed by atoms with Gasteiger partial charge in [0, 0.05) is 5.69 Å². The molecule has 2 atom stereocenters. The lowest BCUT2D eigenvalue weighted by Gasteiger charge is -2.15. The van der Waals surface area contributed by atoms with E-state index in [0.717, 1.165) is 24.2 Å². The molecule has 3 nitrogen and oxygen atoms in total. The highest BCUT2D eigenvalue weighted by atomic mass is 16.3. The van der Waals surface area contributed by atoms with Crippen LogP contribution in [0.1, 0.15) is 18.0 Å². The van der Waals surface area contributed by atoms with Gasteiger partial charge in [-0.2, -0.15) is 0 Å². The smallest absolute Gasteiger partial charge is 0.0747 e. The van der Waals surface area contributed by atoms with E-state index >= 15 is 0 Å². The molecule has 0 radical (unpaired) electrons. The lowest BCUT2D eigenvalue weighted by molar-refractivity contribution is 0.160. The Kier molecular flexibility index (Phi) is 2.20. The van der Waals surface area contributed by atoms with Crippen molar-refractivity contribution in [3.63, 3.8) is 0 Å². The fourth-order valence-corrected chi connectivity index (χ4v) is 1.78. The highest BCUT2D eigenvalue weighted by Gasteiger charge is 2.25. The number of nitrogens with one attached hydrogen (secondary N) is 1. The van der Waals surface area contributed by atoms with Gasteiger partial charge in [-0.25, -0.2) is 0 Å². The third-order valence-electron chi connectivity index (χ3n) is 2.46. The summed E-state index contributed by atoms with van der Waals surface area (Å²) in [6, 6.07) is 7.72. The van der Waals surface area contributed by atoms with E-state index in [1.165, 1.54) is 0 Å². The van der Waals surface area contributed by atoms with Crippen LogP contribution in [0.5, 0.6) is 0 Å². The number of aliphatic hydroxyl groups is 1. The minimum Gasteiger partial charge on any atom is -0.399 e. The molecule has 70 valence electrons. The molecule has 1 aromatic rings. The van der Waals surface area contributed by atoms with Crippen molar-refractivity contribution < 1.29 is 5.11 Å². The summed E-state index contributed by atoms with van der Waals surface area (Å²) in [5.74, 6) is 0. The van der Waals surface area contributed by atoms with E-state index in [1.54, 1.807) is 0 Å². The maximum atomic E-state index is 9.63. The van der Waals surface area contributed by atoms with Crippen LogP contribution in [0.4, 0.5) is 5.69 Å². The lowest BCUT2D eigenvalue weighted by atomic mass is 10.0. The van der Waals surface area contributed by atoms with Gasteiger partial charge in [-0.1, -0.05) is 12.1 Å². The van der Waals surface area contributed by atoms with Gasteiger partial charge in [0.25, 0.3) is 0 Å². The summed E-state index contributed by atoms with van der Waals surface area (Å²) in [6.45, 7) is 0.876. The van der Waals surface area contributed by atoms with Crippen molar-refractivity contribution in [1.82, 2.24) is 5.32 Å². The monoisotopic (exact) mass is 178 g/mol. The van der Waals surface area contributed by atoms with E-state index in [0.29, 0.717) is 0 Å². The van der Waals surface area contributed by atoms with Gasteiger partial charge in [0.2, 0.25) is 0 Å². The van der Waals surface area contributed by atoms with E-state index in [4.69, 9.17) is 5.73 Å². The molecular weight excluding hydrogens is 164 g/mol. The van der Waals surface area contributed by atoms with Gasteiger partial charge >= 0.3 is 0 Å². The average Bonchev–Trinajstić information content (AvgIpc) is 2.51. The van der Waals surface area contributed by atoms with Crippen LogP contribution in [-0.4, -0.2) is 17.8 Å². The van der Waals surface area contributed by atoms with Crippen LogP contribution in [-0.2, 0) is 0 Å². The number of aliphatic hydroxyl groups excluding tert-OH is 1. The average molecular weight is 178 g/mol. The van der Waals surface area contributed by atoms with Gasteiger partial charge < -0.3 is 16.2 Å². The molecule has 1 fully saturated rings. The van der Waals surface area contributed by atoms with Crippen molar-refractivity contribution >= 4 is 5.69 Å². The summed E-state index contributed by atoms with van der Waals surface area (Å²) in [6.07, 6.45) is 0.543. The molecule has 2 unspecified atom stereocenters. The van der Waals surface area contributed by atoms with Gasteiger partial charge in [0.05, 0.1) is 12.1 Å². The minimum absolute atomic E-state index is 0.0588. The second kappa shape index (κ2) is 3.36. The number of nitrogen functional groups attached to an aromatic ring is 1. The largest absolute Gasteiger partial charge is 0.399 e. The first-order valence-corrected chi connectivity index (χ1v) is 4.54. The van der Waals surface area contributed by atoms with Crippen LogP contribution in [0.2, 0.25) is 0 Å². The lowest BCUT2D eigenvalue weighted by Crippen LogP contribution is -2.20. The zero-order chi connectivity index (χ0) is 9.26. The van der Waals surface area contributed by atoms with Crippen LogP contribution < -0.4 is 11.1 Å². The van der Waals surface area contributed by atoms with Crippen molar-refractivity contribution in [2.24, 2.45) is 0 Å². The van der Waals surface area contributed by atoms with Crippen LogP contribution in [0.15, 0.2) is 24.3 Å². The predicted molar refractivity (Wildman–Crippen MR) is 52.2 cm³/mol. The summed E-state index contributed by atoms with van der Waals surface area (Å²) in [5.41, 5.74) is 7.48. The number of nitrogens with two attached hydrogens (primary N) is 1. The SMILES string of the molecule is Nc1cccc(C2NCCC2O)c1. The first kappa shape index (κ1) is 8.53. The molecule has 2 rings (SSSR count). The molecule has 1 aliphatic heterocycles. The van der Waals surface area contributed by atoms with Crippen LogP contribution >= 0.6 is 0 Å². The minimum atomic E-state index is -0.276. The predicted octanol–water partition coefficient (Wildman–Crippen LogP) is 0.664. The first-order valence-electron chi connectivity index (χ1n) is 4.54. The molecular formula is C10H14N2O. The topological polar surface area (TPSA) is 58.3 Å². The Balaban J connectivity index is 2.24. The summed E-state index contributed by atoms with van der Waals surface area (Å²) in [5, 5.41) is 12.9. The van der Waals surface area contributed by atoms with Crippen LogP contribution in [0.3, 0.4) is 0 Å². The molecule has 1 aliphatic rings. The highest BCUT2D eigenvalue weighted by Crippen LogP contribution is 2.24. The highest BCUT2D eigenvalue weighted by molar-refractivity contribution is 5.42. The van der Waals surface area contributed by atoms with Crippen molar-refractivity contribution in [1.29, 1.82) is 0 Å². The van der Waals surface area contributed by atoms with E-state index in [-0.39, 0.29) is 12.1 Å². The second-order valence-corrected chi connectivity index (χ2v) is 3.46. The Hall–Kier alpha value is -1.06. The van der Waals surface area contributed by atoms with E-state index in [9.17, 15) is 5.11 Å². The van der Waals surface area contributed by atoms with E-state index < -0.39 is 0 Å². The Morgan fingerprint density at radius 3 is 2.92 bits per heavy atom. The van der Waals surface area contributed by atoms with Gasteiger partial charge in [0.15, 0.2) is 0 Å². The number of hydrogen-bond acceptors (Lipinski definition) is 3. The Morgan fingerprint density at radius 2 is 2.31 bits per heavy atom. The van der Waals surface area contributed by atoms with Gasteiger partial charge in [-0.3, -0.25) is 0 Å². The fraction of sp³-hybridized carbons (Fsp3) is 0.400. The number of anilines is 1. The fourth-order valence-electron chi connectivity index (χ4n) is 1.78. The third-order valence-corrected chi connectivity index (χ3v) is 2.46. The molecule has 1 heterocycles. The van der Waals surface area contributed by atoms with E-state index in [2.05, 4.69) is 5.32 Å². The summed E-state index contributed by atoms with van der Waals surface area (Å²) in [4.78, 5) is 0. The normalized spacial score (nSPS) is 27.8. The Labute approximate surface area is 77.6 Å². The third kappa shape index (κ3) is 1.66. The van der Waals surface area contributed by atoms with Crippen LogP contribution in [0, 0.1) is 0 Å². The van der Waals surface area contributed by atoms with Gasteiger partial charge in [-0.15, -0.1) is 0 Å². The molecule has 1 aromatic carbocycles. The zero-order valence-electron chi connectivity index (χ0n) is 7.40. The van der Waals surface area contributed by atoms with E-state index in [1.807, 2.05) is 24.3 Å². The van der Waals surface area contributed by atoms with Crippen molar-refractivity contribution in [2.75, 3.05) is 12.3 Å². The summed E-state index contributed by atoms with van der Waals surface area (Å²) in [7, 11) is 0. The zero-order valence-corrected chi connectivity index (χ0v) is 7.40. The van der Waals surface area contributed by atoms with Crippen molar-refractivity contribution in [2.45, 2.75) is 18.6 Å². The Bertz CT molecular complexity index is 301. The number of benzene rings is 1. The van der Waals surface area contributed by atoms with Crippen molar-refractivity contribution in [3.8, 4) is 0 Å². The molecule has 3 heteroatoms. The molecule has 0 amide bonds. The number of hydrogen-bond donors (Lipinski definition) is 3. The first-order chi connectivity index (χ1) is 6.27. The molecule has 4 N–H and O–H groups in total. The van der Waals surface area contributed by atoms with Crippen LogP contribution in [0.25, 0.3) is 0 Å². The molecule has 1 saturated heterocycles. The molecule has 0 bridgehead atoms. The van der Waals surface area contributed by atoms with Gasteiger partial charge in [0.1, 0.15) is 0 Å². The maximum absolute atomic E-state index is 9.63. The number of rotatable bonds is 1. The molecule has 13 heavy (non-hydrogen) atoms. The van der Waals surface area contributed by atoms with Gasteiger partial charge in [-0.05, 0) is 30.7 Å². The molecule has 0 saturated carbocycles. The second-order valence-electron chi connectivity index (χ2n) is 3.46. The Morgan fingerprint density at radius 1 is 1.46 bits per heavy atom. The standard InChI is InChI=1S/C10H14N2O/c11-8-3-1-2-7(6-8)10-9(13)4-5-12-10/h1-3,6,9-10,12-13H,4-5,11H2. The summed E-state index contributed by atoms with van der Waals surface area (Å²) < 4.78 is 0. The maximum Gasteiger partial charge on any atom is 0.0747 e. The summed E-state index contributed by atoms with van der Waals surface area (Å²) >= 11 is 0. The molecule has 0 aliphatic carbocycles. The van der Waals surface area contributed by atoms with Crippen molar-refractivity contribution in [3.05, 3.63) is 29.8 Å². The molecule has 0 aromatic heterocycles. The molecule has 0 spiro atoms. The quantitative estimate of drug-likeness (QED) is 0.554.